The minimum atomic E-state index is -0.578. The third-order valence-corrected chi connectivity index (χ3v) is 5.72. The van der Waals surface area contributed by atoms with E-state index < -0.39 is 10.5 Å². The van der Waals surface area contributed by atoms with E-state index in [2.05, 4.69) is 10.1 Å². The van der Waals surface area contributed by atoms with E-state index in [9.17, 15) is 19.7 Å². The van der Waals surface area contributed by atoms with Gasteiger partial charge in [0.05, 0.1) is 39.3 Å². The number of benzene rings is 2. The summed E-state index contributed by atoms with van der Waals surface area (Å²) in [5.74, 6) is 0.404. The number of nitro groups is 1. The molecule has 0 spiro atoms. The van der Waals surface area contributed by atoms with Crippen molar-refractivity contribution >= 4 is 40.2 Å². The first kappa shape index (κ1) is 22.1. The van der Waals surface area contributed by atoms with Gasteiger partial charge in [-0.1, -0.05) is 11.6 Å². The summed E-state index contributed by atoms with van der Waals surface area (Å²) in [4.78, 5) is 40.5. The first-order valence-corrected chi connectivity index (χ1v) is 10.0. The minimum absolute atomic E-state index is 0.0217. The number of nitrogens with one attached hydrogen (secondary N) is 1. The Labute approximate surface area is 191 Å². The van der Waals surface area contributed by atoms with Gasteiger partial charge in [-0.3, -0.25) is 29.1 Å². The van der Waals surface area contributed by atoms with Crippen LogP contribution in [0.3, 0.4) is 0 Å². The molecule has 2 aromatic heterocycles. The van der Waals surface area contributed by atoms with Crippen LogP contribution in [-0.4, -0.2) is 37.2 Å². The number of H-pyrrole nitrogens is 1. The lowest BCUT2D eigenvalue weighted by atomic mass is 10.2. The first-order chi connectivity index (χ1) is 15.6. The minimum Gasteiger partial charge on any atom is -0.495 e. The van der Waals surface area contributed by atoms with Crippen LogP contribution in [0.4, 0.5) is 11.4 Å². The van der Waals surface area contributed by atoms with Gasteiger partial charge in [0.25, 0.3) is 11.2 Å². The number of aromatic amines is 1. The molecule has 0 unspecified atom stereocenters. The Hall–Kier alpha value is -4.12. The molecular weight excluding hydrogens is 452 g/mol. The fourth-order valence-electron chi connectivity index (χ4n) is 3.59. The number of aromatic nitrogens is 4. The molecule has 11 nitrogen and oxygen atoms in total. The average molecular weight is 471 g/mol. The van der Waals surface area contributed by atoms with Gasteiger partial charge in [0.1, 0.15) is 11.4 Å². The van der Waals surface area contributed by atoms with E-state index in [0.717, 1.165) is 0 Å². The van der Waals surface area contributed by atoms with E-state index in [1.165, 1.54) is 46.3 Å². The van der Waals surface area contributed by atoms with Crippen molar-refractivity contribution in [1.29, 1.82) is 0 Å². The van der Waals surface area contributed by atoms with Crippen molar-refractivity contribution in [2.24, 2.45) is 19.1 Å². The van der Waals surface area contributed by atoms with E-state index >= 15 is 0 Å². The van der Waals surface area contributed by atoms with Gasteiger partial charge in [-0.2, -0.15) is 0 Å². The summed E-state index contributed by atoms with van der Waals surface area (Å²) in [6.45, 7) is 1.69. The third-order valence-electron chi connectivity index (χ3n) is 5.41. The van der Waals surface area contributed by atoms with Gasteiger partial charge in [0, 0.05) is 38.1 Å². The molecule has 0 saturated heterocycles. The van der Waals surface area contributed by atoms with Crippen LogP contribution >= 0.6 is 11.6 Å². The molecule has 0 atom stereocenters. The fraction of sp³-hybridized carbons (Fsp3) is 0.190. The Kier molecular flexibility index (Phi) is 5.42. The molecule has 0 bridgehead atoms. The van der Waals surface area contributed by atoms with Crippen molar-refractivity contribution in [3.63, 3.8) is 0 Å². The van der Waals surface area contributed by atoms with E-state index in [0.29, 0.717) is 33.2 Å². The number of hydrogen-bond acceptors (Lipinski definition) is 6. The monoisotopic (exact) mass is 470 g/mol. The summed E-state index contributed by atoms with van der Waals surface area (Å²) >= 11 is 6.06. The molecule has 0 radical (unpaired) electrons. The lowest BCUT2D eigenvalue weighted by Crippen LogP contribution is -2.19. The fourth-order valence-corrected chi connectivity index (χ4v) is 3.78. The van der Waals surface area contributed by atoms with Crippen LogP contribution in [0.1, 0.15) is 11.3 Å². The maximum atomic E-state index is 13.0. The number of nitrogens with zero attached hydrogens (tertiary/aromatic N) is 5. The summed E-state index contributed by atoms with van der Waals surface area (Å²) in [5, 5.41) is 15.0. The number of hydrogen-bond donors (Lipinski definition) is 1. The summed E-state index contributed by atoms with van der Waals surface area (Å²) < 4.78 is 9.20. The van der Waals surface area contributed by atoms with Gasteiger partial charge >= 0.3 is 5.69 Å². The van der Waals surface area contributed by atoms with Gasteiger partial charge < -0.3 is 4.74 Å². The molecule has 1 N–H and O–H groups in total. The lowest BCUT2D eigenvalue weighted by molar-refractivity contribution is -0.383. The number of halogens is 1. The second kappa shape index (κ2) is 8.10. The van der Waals surface area contributed by atoms with Crippen molar-refractivity contribution in [2.45, 2.75) is 6.92 Å². The van der Waals surface area contributed by atoms with Crippen LogP contribution in [0.15, 0.2) is 44.9 Å². The standard InChI is InChI=1S/C21H19ClN6O5/c1-11-13(20(29)27(24-11)12-5-6-14(22)19(7-12)33-4)10-23-15-8-17-18(9-16(15)28(31)32)26(3)21(30)25(17)2/h5-10,24H,1-4H3. The number of imidazole rings is 1. The van der Waals surface area contributed by atoms with Crippen molar-refractivity contribution < 1.29 is 9.66 Å². The van der Waals surface area contributed by atoms with Crippen molar-refractivity contribution in [3.05, 3.63) is 77.6 Å². The number of aryl methyl sites for hydroxylation is 3. The lowest BCUT2D eigenvalue weighted by Gasteiger charge is -2.06. The molecule has 33 heavy (non-hydrogen) atoms. The highest BCUT2D eigenvalue weighted by atomic mass is 35.5. The van der Waals surface area contributed by atoms with Crippen LogP contribution in [-0.2, 0) is 14.1 Å². The number of methoxy groups -OCH3 is 1. The van der Waals surface area contributed by atoms with Crippen molar-refractivity contribution in [1.82, 2.24) is 18.9 Å². The number of ether oxygens (including phenoxy) is 1. The average Bonchev–Trinajstić information content (AvgIpc) is 3.19. The maximum absolute atomic E-state index is 13.0. The maximum Gasteiger partial charge on any atom is 0.328 e. The second-order valence-corrected chi connectivity index (χ2v) is 7.76. The zero-order chi connectivity index (χ0) is 24.0. The van der Waals surface area contributed by atoms with Gasteiger partial charge in [-0.25, -0.2) is 14.5 Å². The molecule has 0 amide bonds. The largest absolute Gasteiger partial charge is 0.495 e. The molecule has 4 rings (SSSR count). The molecule has 0 fully saturated rings. The molecule has 2 aromatic carbocycles. The molecular formula is C21H19ClN6O5. The summed E-state index contributed by atoms with van der Waals surface area (Å²) in [6, 6.07) is 7.61. The molecule has 2 heterocycles. The molecule has 0 saturated carbocycles. The Morgan fingerprint density at radius 2 is 1.82 bits per heavy atom. The van der Waals surface area contributed by atoms with Crippen LogP contribution in [0.25, 0.3) is 16.7 Å². The normalized spacial score (nSPS) is 11.5. The third kappa shape index (κ3) is 3.61. The van der Waals surface area contributed by atoms with Crippen molar-refractivity contribution in [2.75, 3.05) is 7.11 Å². The van der Waals surface area contributed by atoms with Gasteiger partial charge in [0.2, 0.25) is 0 Å². The molecule has 4 aromatic rings. The van der Waals surface area contributed by atoms with Gasteiger partial charge in [0.15, 0.2) is 0 Å². The van der Waals surface area contributed by atoms with E-state index in [1.54, 1.807) is 32.2 Å². The number of fused-ring (bicyclic) bond motifs is 1. The Balaban J connectivity index is 1.83. The number of aliphatic imine (C=N–C) groups is 1. The van der Waals surface area contributed by atoms with Crippen LogP contribution in [0, 0.1) is 17.0 Å². The van der Waals surface area contributed by atoms with Gasteiger partial charge in [-0.15, -0.1) is 0 Å². The van der Waals surface area contributed by atoms with Crippen LogP contribution in [0.2, 0.25) is 5.02 Å². The molecule has 0 aliphatic carbocycles. The topological polar surface area (TPSA) is 129 Å². The Morgan fingerprint density at radius 1 is 1.15 bits per heavy atom. The molecule has 0 aliphatic heterocycles. The molecule has 0 aliphatic rings. The number of rotatable bonds is 5. The zero-order valence-corrected chi connectivity index (χ0v) is 18.9. The van der Waals surface area contributed by atoms with Crippen LogP contribution in [0.5, 0.6) is 5.75 Å². The van der Waals surface area contributed by atoms with E-state index in [-0.39, 0.29) is 22.6 Å². The van der Waals surface area contributed by atoms with E-state index in [1.807, 2.05) is 0 Å². The number of nitro benzene ring substituents is 1. The first-order valence-electron chi connectivity index (χ1n) is 9.67. The Bertz CT molecular complexity index is 1570. The second-order valence-electron chi connectivity index (χ2n) is 7.36. The highest BCUT2D eigenvalue weighted by Crippen LogP contribution is 2.32. The summed E-state index contributed by atoms with van der Waals surface area (Å²) in [7, 11) is 4.58. The summed E-state index contributed by atoms with van der Waals surface area (Å²) in [5.41, 5.74) is 1.13. The molecule has 12 heteroatoms. The highest BCUT2D eigenvalue weighted by Gasteiger charge is 2.20. The van der Waals surface area contributed by atoms with Crippen molar-refractivity contribution in [3.8, 4) is 11.4 Å². The van der Waals surface area contributed by atoms with E-state index in [4.69, 9.17) is 16.3 Å². The molecule has 170 valence electrons. The SMILES string of the molecule is COc1cc(-n2[nH]c(C)c(C=Nc3cc4c(cc3[N+](=O)[O-])n(C)c(=O)n4C)c2=O)ccc1Cl. The Morgan fingerprint density at radius 3 is 2.45 bits per heavy atom. The van der Waals surface area contributed by atoms with Gasteiger partial charge in [-0.05, 0) is 25.1 Å². The summed E-state index contributed by atoms with van der Waals surface area (Å²) in [6.07, 6.45) is 1.27. The highest BCUT2D eigenvalue weighted by molar-refractivity contribution is 6.32. The quantitative estimate of drug-likeness (QED) is 0.272. The smallest absolute Gasteiger partial charge is 0.328 e. The van der Waals surface area contributed by atoms with Crippen LogP contribution < -0.4 is 16.0 Å². The predicted molar refractivity (Wildman–Crippen MR) is 125 cm³/mol. The predicted octanol–water partition coefficient (Wildman–Crippen LogP) is 2.99. The zero-order valence-electron chi connectivity index (χ0n) is 18.1.